The molecule has 10 heteroatoms. The number of thiophene rings is 1. The molecule has 1 aromatic rings. The lowest BCUT2D eigenvalue weighted by Crippen LogP contribution is -2.60. The molecule has 3 amide bonds. The quantitative estimate of drug-likeness (QED) is 0.364. The van der Waals surface area contributed by atoms with E-state index < -0.39 is 6.04 Å². The average Bonchev–Trinajstić information content (AvgIpc) is 3.50. The smallest absolute Gasteiger partial charge is 0.305 e. The lowest BCUT2D eigenvalue weighted by molar-refractivity contribution is -0.144. The van der Waals surface area contributed by atoms with Crippen molar-refractivity contribution in [3.8, 4) is 0 Å². The number of hydrogen-bond acceptors (Lipinski definition) is 7. The van der Waals surface area contributed by atoms with Crippen LogP contribution in [0.3, 0.4) is 0 Å². The largest absolute Gasteiger partial charge is 0.469 e. The molecule has 2 aliphatic rings. The number of amides is 3. The van der Waals surface area contributed by atoms with Gasteiger partial charge in [-0.05, 0) is 50.1 Å². The van der Waals surface area contributed by atoms with Gasteiger partial charge in [-0.3, -0.25) is 19.2 Å². The number of carbonyl (C=O) groups excluding carboxylic acids is 4. The third-order valence-corrected chi connectivity index (χ3v) is 6.79. The Morgan fingerprint density at radius 1 is 1.28 bits per heavy atom. The van der Waals surface area contributed by atoms with E-state index in [1.807, 2.05) is 17.5 Å². The lowest BCUT2D eigenvalue weighted by atomic mass is 9.95. The van der Waals surface area contributed by atoms with Crippen LogP contribution in [0.1, 0.15) is 43.4 Å². The number of hydrogen-bond donors (Lipinski definition) is 3. The molecule has 3 atom stereocenters. The zero-order valence-corrected chi connectivity index (χ0v) is 19.2. The van der Waals surface area contributed by atoms with Gasteiger partial charge in [0.2, 0.25) is 17.7 Å². The third-order valence-electron chi connectivity index (χ3n) is 5.91. The third kappa shape index (κ3) is 6.77. The second-order valence-electron chi connectivity index (χ2n) is 8.21. The summed E-state index contributed by atoms with van der Waals surface area (Å²) in [6.45, 7) is 1.54. The van der Waals surface area contributed by atoms with E-state index in [2.05, 4.69) is 20.7 Å². The fraction of sp³-hybridized carbons (Fsp3) is 0.636. The number of nitrogens with zero attached hydrogens (tertiary/aromatic N) is 1. The highest BCUT2D eigenvalue weighted by molar-refractivity contribution is 7.10. The van der Waals surface area contributed by atoms with Gasteiger partial charge in [0.15, 0.2) is 0 Å². The molecule has 3 unspecified atom stereocenters. The maximum atomic E-state index is 13.1. The molecule has 3 N–H and O–H groups in total. The molecule has 9 nitrogen and oxygen atoms in total. The molecule has 2 aliphatic heterocycles. The summed E-state index contributed by atoms with van der Waals surface area (Å²) in [4.78, 5) is 52.4. The van der Waals surface area contributed by atoms with Crippen LogP contribution in [-0.2, 0) is 30.3 Å². The molecule has 2 saturated heterocycles. The first kappa shape index (κ1) is 24.2. The Balaban J connectivity index is 1.59. The Morgan fingerprint density at radius 3 is 2.81 bits per heavy atom. The van der Waals surface area contributed by atoms with Crippen molar-refractivity contribution in [3.63, 3.8) is 0 Å². The molecule has 3 heterocycles. The summed E-state index contributed by atoms with van der Waals surface area (Å²) >= 11 is 1.53. The number of nitrogens with one attached hydrogen (secondary N) is 3. The van der Waals surface area contributed by atoms with Crippen molar-refractivity contribution in [2.75, 3.05) is 26.7 Å². The van der Waals surface area contributed by atoms with Gasteiger partial charge < -0.3 is 25.6 Å². The number of carbonyl (C=O) groups is 4. The standard InChI is InChI=1S/C22H32N4O5S/c1-31-20(28)7-3-10-24-21(29)18-13-15(25-19(27)14-16-5-4-12-32-16)8-11-26(18)22(30)17-6-2-9-23-17/h4-5,12,15,17-18,23H,2-3,6-11,13-14H2,1H3,(H,24,29)(H,25,27). The van der Waals surface area contributed by atoms with Crippen molar-refractivity contribution >= 4 is 35.0 Å². The first-order chi connectivity index (χ1) is 15.5. The number of rotatable bonds is 9. The molecule has 176 valence electrons. The van der Waals surface area contributed by atoms with Crippen LogP contribution in [0.4, 0.5) is 0 Å². The van der Waals surface area contributed by atoms with Crippen LogP contribution in [-0.4, -0.2) is 73.5 Å². The highest BCUT2D eigenvalue weighted by Gasteiger charge is 2.39. The average molecular weight is 465 g/mol. The van der Waals surface area contributed by atoms with E-state index in [1.54, 1.807) is 4.90 Å². The van der Waals surface area contributed by atoms with Crippen LogP contribution in [0, 0.1) is 0 Å². The highest BCUT2D eigenvalue weighted by atomic mass is 32.1. The Hall–Kier alpha value is -2.46. The minimum Gasteiger partial charge on any atom is -0.469 e. The Labute approximate surface area is 192 Å². The SMILES string of the molecule is COC(=O)CCCNC(=O)C1CC(NC(=O)Cc2cccs2)CCN1C(=O)C1CCCN1. The van der Waals surface area contributed by atoms with Gasteiger partial charge in [-0.25, -0.2) is 0 Å². The van der Waals surface area contributed by atoms with Gasteiger partial charge in [-0.1, -0.05) is 6.07 Å². The van der Waals surface area contributed by atoms with Gasteiger partial charge in [-0.2, -0.15) is 0 Å². The van der Waals surface area contributed by atoms with Crippen LogP contribution in [0.15, 0.2) is 17.5 Å². The van der Waals surface area contributed by atoms with Crippen molar-refractivity contribution in [3.05, 3.63) is 22.4 Å². The summed E-state index contributed by atoms with van der Waals surface area (Å²) in [5.74, 6) is -0.708. The highest BCUT2D eigenvalue weighted by Crippen LogP contribution is 2.22. The topological polar surface area (TPSA) is 117 Å². The second-order valence-corrected chi connectivity index (χ2v) is 9.24. The van der Waals surface area contributed by atoms with Gasteiger partial charge in [0.25, 0.3) is 0 Å². The molecule has 1 aromatic heterocycles. The molecular weight excluding hydrogens is 432 g/mol. The molecule has 0 aromatic carbocycles. The van der Waals surface area contributed by atoms with Crippen LogP contribution in [0.2, 0.25) is 0 Å². The van der Waals surface area contributed by atoms with E-state index in [0.717, 1.165) is 24.3 Å². The minimum atomic E-state index is -0.649. The molecular formula is C22H32N4O5S. The Kier molecular flexibility index (Phi) is 9.04. The first-order valence-corrected chi connectivity index (χ1v) is 12.1. The molecule has 0 aliphatic carbocycles. The van der Waals surface area contributed by atoms with Crippen molar-refractivity contribution in [2.45, 2.75) is 63.1 Å². The summed E-state index contributed by atoms with van der Waals surface area (Å²) in [5, 5.41) is 11.0. The van der Waals surface area contributed by atoms with Crippen molar-refractivity contribution < 1.29 is 23.9 Å². The van der Waals surface area contributed by atoms with E-state index in [4.69, 9.17) is 0 Å². The van der Waals surface area contributed by atoms with Gasteiger partial charge in [0.05, 0.1) is 19.6 Å². The van der Waals surface area contributed by atoms with Crippen molar-refractivity contribution in [1.82, 2.24) is 20.9 Å². The second kappa shape index (κ2) is 12.0. The summed E-state index contributed by atoms with van der Waals surface area (Å²) in [7, 11) is 1.33. The number of likely N-dealkylation sites (tertiary alicyclic amines) is 1. The van der Waals surface area contributed by atoms with Gasteiger partial charge in [0, 0.05) is 30.4 Å². The van der Waals surface area contributed by atoms with Gasteiger partial charge in [0.1, 0.15) is 6.04 Å². The molecule has 0 bridgehead atoms. The molecule has 3 rings (SSSR count). The lowest BCUT2D eigenvalue weighted by Gasteiger charge is -2.40. The van der Waals surface area contributed by atoms with Crippen molar-refractivity contribution in [2.24, 2.45) is 0 Å². The van der Waals surface area contributed by atoms with Crippen LogP contribution >= 0.6 is 11.3 Å². The van der Waals surface area contributed by atoms with E-state index in [-0.39, 0.29) is 42.2 Å². The van der Waals surface area contributed by atoms with Gasteiger partial charge in [-0.15, -0.1) is 11.3 Å². The molecule has 0 radical (unpaired) electrons. The minimum absolute atomic E-state index is 0.0550. The zero-order valence-electron chi connectivity index (χ0n) is 18.4. The predicted octanol–water partition coefficient (Wildman–Crippen LogP) is 0.588. The van der Waals surface area contributed by atoms with E-state index in [0.29, 0.717) is 38.8 Å². The zero-order chi connectivity index (χ0) is 22.9. The summed E-state index contributed by atoms with van der Waals surface area (Å²) in [6, 6.07) is 2.76. The van der Waals surface area contributed by atoms with Gasteiger partial charge >= 0.3 is 5.97 Å². The Bertz CT molecular complexity index is 794. The summed E-state index contributed by atoms with van der Waals surface area (Å²) < 4.78 is 4.62. The number of ether oxygens (including phenoxy) is 1. The maximum Gasteiger partial charge on any atom is 0.305 e. The monoisotopic (exact) mass is 464 g/mol. The number of methoxy groups -OCH3 is 1. The number of piperidine rings is 1. The molecule has 32 heavy (non-hydrogen) atoms. The summed E-state index contributed by atoms with van der Waals surface area (Å²) in [5.41, 5.74) is 0. The van der Waals surface area contributed by atoms with E-state index in [1.165, 1.54) is 18.4 Å². The van der Waals surface area contributed by atoms with E-state index in [9.17, 15) is 19.2 Å². The normalized spacial score (nSPS) is 22.9. The fourth-order valence-electron chi connectivity index (χ4n) is 4.22. The predicted molar refractivity (Wildman–Crippen MR) is 120 cm³/mol. The molecule has 0 spiro atoms. The first-order valence-electron chi connectivity index (χ1n) is 11.2. The van der Waals surface area contributed by atoms with E-state index >= 15 is 0 Å². The van der Waals surface area contributed by atoms with Crippen LogP contribution in [0.5, 0.6) is 0 Å². The van der Waals surface area contributed by atoms with Crippen molar-refractivity contribution in [1.29, 1.82) is 0 Å². The molecule has 2 fully saturated rings. The Morgan fingerprint density at radius 2 is 2.12 bits per heavy atom. The molecule has 0 saturated carbocycles. The fourth-order valence-corrected chi connectivity index (χ4v) is 4.92. The van der Waals surface area contributed by atoms with Crippen LogP contribution in [0.25, 0.3) is 0 Å². The number of esters is 1. The maximum absolute atomic E-state index is 13.1. The van der Waals surface area contributed by atoms with Crippen LogP contribution < -0.4 is 16.0 Å². The summed E-state index contributed by atoms with van der Waals surface area (Å²) in [6.07, 6.45) is 3.69.